The fourth-order valence-corrected chi connectivity index (χ4v) is 3.98. The van der Waals surface area contributed by atoms with E-state index in [2.05, 4.69) is 38.7 Å². The predicted molar refractivity (Wildman–Crippen MR) is 123 cm³/mol. The molecule has 1 aliphatic heterocycles. The van der Waals surface area contributed by atoms with Gasteiger partial charge in [-0.25, -0.2) is 0 Å². The average molecular weight is 504 g/mol. The lowest BCUT2D eigenvalue weighted by atomic mass is 10.2. The largest absolute Gasteiger partial charge is 0.386 e. The quantitative estimate of drug-likeness (QED) is 0.307. The van der Waals surface area contributed by atoms with E-state index in [9.17, 15) is 5.11 Å². The Balaban J connectivity index is 0.00000261. The Morgan fingerprint density at radius 2 is 2.07 bits per heavy atom. The van der Waals surface area contributed by atoms with Gasteiger partial charge in [0, 0.05) is 42.3 Å². The summed E-state index contributed by atoms with van der Waals surface area (Å²) in [6, 6.07) is 10.2. The highest BCUT2D eigenvalue weighted by Crippen LogP contribution is 2.29. The lowest BCUT2D eigenvalue weighted by Gasteiger charge is -2.26. The number of ether oxygens (including phenoxy) is 1. The molecular weight excluding hydrogens is 475 g/mol. The molecule has 0 radical (unpaired) electrons. The number of guanidine groups is 1. The second kappa shape index (κ2) is 11.8. The van der Waals surface area contributed by atoms with Crippen molar-refractivity contribution >= 4 is 51.4 Å². The van der Waals surface area contributed by atoms with Crippen LogP contribution in [-0.4, -0.2) is 68.4 Å². The van der Waals surface area contributed by atoms with Crippen molar-refractivity contribution < 1.29 is 9.84 Å². The Hall–Kier alpha value is -0.940. The number of thiophene rings is 1. The van der Waals surface area contributed by atoms with Crippen molar-refractivity contribution in [3.05, 3.63) is 35.2 Å². The number of aliphatic hydroxyl groups excluding tert-OH is 1. The van der Waals surface area contributed by atoms with E-state index >= 15 is 0 Å². The number of hydrogen-bond acceptors (Lipinski definition) is 5. The van der Waals surface area contributed by atoms with Crippen LogP contribution in [-0.2, 0) is 4.74 Å². The van der Waals surface area contributed by atoms with E-state index in [-0.39, 0.29) is 24.0 Å². The molecule has 1 aromatic carbocycles. The number of nitrogens with zero attached hydrogens (tertiary/aromatic N) is 2. The second-order valence-corrected chi connectivity index (χ2v) is 7.42. The minimum absolute atomic E-state index is 0. The number of nitrogens with one attached hydrogen (secondary N) is 2. The molecule has 0 amide bonds. The van der Waals surface area contributed by atoms with Gasteiger partial charge in [0.15, 0.2) is 5.96 Å². The van der Waals surface area contributed by atoms with Crippen molar-refractivity contribution in [1.29, 1.82) is 0 Å². The summed E-state index contributed by atoms with van der Waals surface area (Å²) in [6.45, 7) is 8.58. The molecular formula is C19H29IN4O2S. The summed E-state index contributed by atoms with van der Waals surface area (Å²) < 4.78 is 6.56. The van der Waals surface area contributed by atoms with Crippen LogP contribution in [0.15, 0.2) is 35.3 Å². The van der Waals surface area contributed by atoms with Gasteiger partial charge in [-0.1, -0.05) is 18.2 Å². The second-order valence-electron chi connectivity index (χ2n) is 6.30. The first-order chi connectivity index (χ1) is 12.8. The molecule has 1 fully saturated rings. The maximum absolute atomic E-state index is 10.5. The van der Waals surface area contributed by atoms with Crippen molar-refractivity contribution in [2.24, 2.45) is 4.99 Å². The van der Waals surface area contributed by atoms with Crippen molar-refractivity contribution in [2.75, 3.05) is 52.5 Å². The van der Waals surface area contributed by atoms with Crippen LogP contribution in [0.5, 0.6) is 0 Å². The molecule has 2 aromatic rings. The Bertz CT molecular complexity index is 686. The SMILES string of the molecule is CCNC(=NCC(O)c1cc2ccccc2s1)NCCN1CCOCC1.I. The number of hydrogen-bond donors (Lipinski definition) is 3. The molecule has 0 bridgehead atoms. The summed E-state index contributed by atoms with van der Waals surface area (Å²) in [4.78, 5) is 7.89. The van der Waals surface area contributed by atoms with E-state index in [1.807, 2.05) is 19.1 Å². The van der Waals surface area contributed by atoms with Crippen molar-refractivity contribution in [3.8, 4) is 0 Å². The summed E-state index contributed by atoms with van der Waals surface area (Å²) in [5.41, 5.74) is 0. The lowest BCUT2D eigenvalue weighted by Crippen LogP contribution is -2.44. The molecule has 1 saturated heterocycles. The van der Waals surface area contributed by atoms with Gasteiger partial charge in [0.25, 0.3) is 0 Å². The number of aliphatic hydroxyl groups is 1. The molecule has 2 heterocycles. The van der Waals surface area contributed by atoms with Crippen LogP contribution >= 0.6 is 35.3 Å². The van der Waals surface area contributed by atoms with Gasteiger partial charge in [-0.05, 0) is 24.4 Å². The molecule has 0 saturated carbocycles. The average Bonchev–Trinajstić information content (AvgIpc) is 3.11. The minimum atomic E-state index is -0.581. The summed E-state index contributed by atoms with van der Waals surface area (Å²) in [5.74, 6) is 0.751. The number of aliphatic imine (C=N–C) groups is 1. The van der Waals surface area contributed by atoms with Gasteiger partial charge in [0.1, 0.15) is 6.10 Å². The van der Waals surface area contributed by atoms with Gasteiger partial charge in [-0.15, -0.1) is 35.3 Å². The van der Waals surface area contributed by atoms with E-state index in [0.29, 0.717) is 6.54 Å². The zero-order valence-electron chi connectivity index (χ0n) is 15.7. The Morgan fingerprint density at radius 1 is 1.30 bits per heavy atom. The van der Waals surface area contributed by atoms with E-state index < -0.39 is 6.10 Å². The fraction of sp³-hybridized carbons (Fsp3) is 0.526. The van der Waals surface area contributed by atoms with Crippen molar-refractivity contribution in [2.45, 2.75) is 13.0 Å². The Labute approximate surface area is 182 Å². The molecule has 1 atom stereocenters. The molecule has 0 spiro atoms. The Kier molecular flexibility index (Phi) is 9.77. The third kappa shape index (κ3) is 6.86. The molecule has 1 aliphatic rings. The third-order valence-electron chi connectivity index (χ3n) is 4.36. The van der Waals surface area contributed by atoms with E-state index in [4.69, 9.17) is 4.74 Å². The van der Waals surface area contributed by atoms with Crippen molar-refractivity contribution in [3.63, 3.8) is 0 Å². The van der Waals surface area contributed by atoms with Gasteiger partial charge in [0.05, 0.1) is 19.8 Å². The lowest BCUT2D eigenvalue weighted by molar-refractivity contribution is 0.0389. The maximum Gasteiger partial charge on any atom is 0.191 e. The molecule has 6 nitrogen and oxygen atoms in total. The first-order valence-corrected chi connectivity index (χ1v) is 10.1. The molecule has 3 N–H and O–H groups in total. The zero-order chi connectivity index (χ0) is 18.2. The monoisotopic (exact) mass is 504 g/mol. The van der Waals surface area contributed by atoms with Crippen LogP contribution in [0.4, 0.5) is 0 Å². The zero-order valence-corrected chi connectivity index (χ0v) is 18.8. The highest BCUT2D eigenvalue weighted by molar-refractivity contribution is 14.0. The molecule has 8 heteroatoms. The van der Waals surface area contributed by atoms with Gasteiger partial charge >= 0.3 is 0 Å². The summed E-state index contributed by atoms with van der Waals surface area (Å²) in [6.07, 6.45) is -0.581. The van der Waals surface area contributed by atoms with Gasteiger partial charge in [-0.3, -0.25) is 9.89 Å². The molecule has 3 rings (SSSR count). The van der Waals surface area contributed by atoms with E-state index in [1.165, 1.54) is 10.1 Å². The summed E-state index contributed by atoms with van der Waals surface area (Å²) in [5, 5.41) is 18.3. The van der Waals surface area contributed by atoms with Gasteiger partial charge in [0.2, 0.25) is 0 Å². The first kappa shape index (κ1) is 22.4. The van der Waals surface area contributed by atoms with E-state index in [1.54, 1.807) is 11.3 Å². The van der Waals surface area contributed by atoms with Gasteiger partial charge < -0.3 is 20.5 Å². The summed E-state index contributed by atoms with van der Waals surface area (Å²) in [7, 11) is 0. The van der Waals surface area contributed by atoms with Crippen molar-refractivity contribution in [1.82, 2.24) is 15.5 Å². The predicted octanol–water partition coefficient (Wildman–Crippen LogP) is 2.44. The Morgan fingerprint density at radius 3 is 2.81 bits per heavy atom. The fourth-order valence-electron chi connectivity index (χ4n) is 2.93. The number of rotatable bonds is 7. The molecule has 150 valence electrons. The smallest absolute Gasteiger partial charge is 0.191 e. The molecule has 1 unspecified atom stereocenters. The number of morpholine rings is 1. The van der Waals surface area contributed by atoms with Crippen LogP contribution < -0.4 is 10.6 Å². The number of halogens is 1. The molecule has 0 aliphatic carbocycles. The standard InChI is InChI=1S/C19H28N4O2S.HI/c1-2-20-19(21-7-8-23-9-11-25-12-10-23)22-14-16(24)18-13-15-5-3-4-6-17(15)26-18;/h3-6,13,16,24H,2,7-12,14H2,1H3,(H2,20,21,22);1H. The van der Waals surface area contributed by atoms with Crippen LogP contribution in [0.25, 0.3) is 10.1 Å². The molecule has 27 heavy (non-hydrogen) atoms. The molecule has 1 aromatic heterocycles. The number of fused-ring (bicyclic) bond motifs is 1. The topological polar surface area (TPSA) is 69.1 Å². The minimum Gasteiger partial charge on any atom is -0.386 e. The van der Waals surface area contributed by atoms with E-state index in [0.717, 1.165) is 56.8 Å². The highest BCUT2D eigenvalue weighted by Gasteiger charge is 2.12. The van der Waals surface area contributed by atoms with Crippen LogP contribution in [0, 0.1) is 0 Å². The normalized spacial score (nSPS) is 16.7. The highest BCUT2D eigenvalue weighted by atomic mass is 127. The van der Waals surface area contributed by atoms with Crippen LogP contribution in [0.3, 0.4) is 0 Å². The number of benzene rings is 1. The van der Waals surface area contributed by atoms with Crippen LogP contribution in [0.2, 0.25) is 0 Å². The maximum atomic E-state index is 10.5. The summed E-state index contributed by atoms with van der Waals surface area (Å²) >= 11 is 1.63. The van der Waals surface area contributed by atoms with Gasteiger partial charge in [-0.2, -0.15) is 0 Å². The third-order valence-corrected chi connectivity index (χ3v) is 5.58. The van der Waals surface area contributed by atoms with Crippen LogP contribution in [0.1, 0.15) is 17.9 Å². The first-order valence-electron chi connectivity index (χ1n) is 9.25.